The Morgan fingerprint density at radius 3 is 2.19 bits per heavy atom. The van der Waals surface area contributed by atoms with Crippen LogP contribution in [-0.4, -0.2) is 0 Å². The van der Waals surface area contributed by atoms with Gasteiger partial charge in [0.15, 0.2) is 0 Å². The van der Waals surface area contributed by atoms with Crippen LogP contribution in [0.25, 0.3) is 0 Å². The maximum absolute atomic E-state index is 3.47. The molecule has 0 unspecified atom stereocenters. The second kappa shape index (κ2) is 14.0. The van der Waals surface area contributed by atoms with Crippen molar-refractivity contribution >= 4 is 0 Å². The minimum atomic E-state index is 0. The van der Waals surface area contributed by atoms with E-state index in [1.165, 1.54) is 44.1 Å². The number of unbranched alkanes of at least 4 members (excludes halogenated alkanes) is 2. The van der Waals surface area contributed by atoms with Crippen LogP contribution in [-0.2, 0) is 26.2 Å². The fraction of sp³-hybridized carbons (Fsp3) is 0.692. The van der Waals surface area contributed by atoms with Crippen LogP contribution in [0.2, 0.25) is 0 Å². The monoisotopic (exact) mass is 337 g/mol. The van der Waals surface area contributed by atoms with Gasteiger partial charge in [-0.1, -0.05) is 52.4 Å². The molecule has 0 nitrogen and oxygen atoms in total. The third-order valence-electron chi connectivity index (χ3n) is 2.63. The normalized spacial score (nSPS) is 12.9. The third kappa shape index (κ3) is 8.10. The Labute approximate surface area is 132 Å². The summed E-state index contributed by atoms with van der Waals surface area (Å²) in [5, 5.41) is 0. The van der Waals surface area contributed by atoms with Crippen molar-refractivity contribution in [2.75, 3.05) is 0 Å². The summed E-state index contributed by atoms with van der Waals surface area (Å²) < 4.78 is 0. The molecule has 0 N–H and O–H groups in total. The molecule has 91 valence electrons. The number of halogens is 2. The summed E-state index contributed by atoms with van der Waals surface area (Å²) in [5.74, 6) is 0. The molecule has 0 aromatic carbocycles. The SMILES string of the molecule is CCCCC1=[C-]CC=C1CCCC.[Cl-].[Cl-].[Zr+3]. The van der Waals surface area contributed by atoms with Crippen LogP contribution >= 0.6 is 0 Å². The van der Waals surface area contributed by atoms with Gasteiger partial charge in [0.05, 0.1) is 0 Å². The van der Waals surface area contributed by atoms with Gasteiger partial charge in [-0.3, -0.25) is 6.08 Å². The Kier molecular flexibility index (Phi) is 19.4. The van der Waals surface area contributed by atoms with Gasteiger partial charge in [0.25, 0.3) is 0 Å². The predicted octanol–water partition coefficient (Wildman–Crippen LogP) is -1.57. The summed E-state index contributed by atoms with van der Waals surface area (Å²) >= 11 is 0. The van der Waals surface area contributed by atoms with Crippen molar-refractivity contribution in [2.45, 2.75) is 58.8 Å². The Bertz CT molecular complexity index is 188. The van der Waals surface area contributed by atoms with Crippen LogP contribution in [0.3, 0.4) is 0 Å². The van der Waals surface area contributed by atoms with Crippen LogP contribution in [0.1, 0.15) is 58.8 Å². The van der Waals surface area contributed by atoms with Gasteiger partial charge in [0.1, 0.15) is 0 Å². The summed E-state index contributed by atoms with van der Waals surface area (Å²) in [6, 6.07) is 0. The van der Waals surface area contributed by atoms with Gasteiger partial charge in [-0.2, -0.15) is 11.6 Å². The van der Waals surface area contributed by atoms with Crippen LogP contribution in [0.5, 0.6) is 0 Å². The van der Waals surface area contributed by atoms with Gasteiger partial charge in [-0.25, -0.2) is 5.57 Å². The molecular formula is C13H21Cl2Zr. The molecule has 0 bridgehead atoms. The minimum Gasteiger partial charge on any atom is -1.00 e. The van der Waals surface area contributed by atoms with Gasteiger partial charge in [0.2, 0.25) is 0 Å². The van der Waals surface area contributed by atoms with Crippen molar-refractivity contribution in [1.29, 1.82) is 0 Å². The zero-order valence-electron chi connectivity index (χ0n) is 10.3. The zero-order valence-corrected chi connectivity index (χ0v) is 14.3. The molecule has 1 aliphatic rings. The molecule has 1 radical (unpaired) electrons. The largest absolute Gasteiger partial charge is 3.00 e. The summed E-state index contributed by atoms with van der Waals surface area (Å²) in [6.45, 7) is 4.51. The molecule has 1 aliphatic carbocycles. The van der Waals surface area contributed by atoms with Crippen LogP contribution in [0, 0.1) is 6.08 Å². The predicted molar refractivity (Wildman–Crippen MR) is 58.5 cm³/mol. The average molecular weight is 339 g/mol. The maximum Gasteiger partial charge on any atom is 3.00 e. The van der Waals surface area contributed by atoms with Crippen LogP contribution < -0.4 is 24.8 Å². The number of hydrogen-bond acceptors (Lipinski definition) is 0. The second-order valence-corrected chi connectivity index (χ2v) is 3.80. The van der Waals surface area contributed by atoms with Gasteiger partial charge in [-0.05, 0) is 0 Å². The van der Waals surface area contributed by atoms with E-state index in [0.29, 0.717) is 0 Å². The zero-order chi connectivity index (χ0) is 9.52. The molecule has 0 aliphatic heterocycles. The fourth-order valence-electron chi connectivity index (χ4n) is 1.76. The Hall–Kier alpha value is 0.943. The van der Waals surface area contributed by atoms with Crippen LogP contribution in [0.4, 0.5) is 0 Å². The first-order valence-electron chi connectivity index (χ1n) is 5.67. The summed E-state index contributed by atoms with van der Waals surface area (Å²) in [5.41, 5.74) is 3.12. The molecule has 0 fully saturated rings. The molecule has 0 saturated carbocycles. The van der Waals surface area contributed by atoms with E-state index in [9.17, 15) is 0 Å². The van der Waals surface area contributed by atoms with E-state index in [-0.39, 0.29) is 51.0 Å². The Balaban J connectivity index is -0.000000563. The van der Waals surface area contributed by atoms with Crippen molar-refractivity contribution in [3.63, 3.8) is 0 Å². The topological polar surface area (TPSA) is 0 Å². The minimum absolute atomic E-state index is 0. The number of rotatable bonds is 6. The van der Waals surface area contributed by atoms with Gasteiger partial charge >= 0.3 is 26.2 Å². The van der Waals surface area contributed by atoms with E-state index in [4.69, 9.17) is 0 Å². The molecular weight excluding hydrogens is 318 g/mol. The fourth-order valence-corrected chi connectivity index (χ4v) is 1.76. The van der Waals surface area contributed by atoms with E-state index in [1.807, 2.05) is 0 Å². The Morgan fingerprint density at radius 2 is 1.62 bits per heavy atom. The second-order valence-electron chi connectivity index (χ2n) is 3.80. The average Bonchev–Trinajstić information content (AvgIpc) is 2.59. The molecule has 0 aromatic rings. The Morgan fingerprint density at radius 1 is 1.06 bits per heavy atom. The molecule has 0 spiro atoms. The molecule has 0 aromatic heterocycles. The van der Waals surface area contributed by atoms with Crippen molar-refractivity contribution < 1.29 is 51.0 Å². The van der Waals surface area contributed by atoms with E-state index in [1.54, 1.807) is 5.57 Å². The third-order valence-corrected chi connectivity index (χ3v) is 2.63. The van der Waals surface area contributed by atoms with Gasteiger partial charge < -0.3 is 24.8 Å². The van der Waals surface area contributed by atoms with Crippen molar-refractivity contribution in [3.8, 4) is 0 Å². The summed E-state index contributed by atoms with van der Waals surface area (Å²) in [4.78, 5) is 0. The van der Waals surface area contributed by atoms with E-state index in [0.717, 1.165) is 6.42 Å². The van der Waals surface area contributed by atoms with E-state index in [2.05, 4.69) is 26.0 Å². The molecule has 0 amide bonds. The van der Waals surface area contributed by atoms with E-state index >= 15 is 0 Å². The van der Waals surface area contributed by atoms with Crippen molar-refractivity contribution in [3.05, 3.63) is 23.3 Å². The van der Waals surface area contributed by atoms with Gasteiger partial charge in [-0.15, -0.1) is 6.42 Å². The smallest absolute Gasteiger partial charge is 1.00 e. The molecule has 16 heavy (non-hydrogen) atoms. The molecule has 0 heterocycles. The van der Waals surface area contributed by atoms with Crippen LogP contribution in [0.15, 0.2) is 17.2 Å². The first kappa shape index (κ1) is 22.2. The summed E-state index contributed by atoms with van der Waals surface area (Å²) in [6.07, 6.45) is 14.7. The standard InChI is InChI=1S/C13H21.2ClH.Zr/c1-3-5-8-12-10-7-11-13(12)9-6-4-2;;;/h10H,3-9H2,1-2H3;2*1H;/q-1;;;+3/p-2. The molecule has 1 rings (SSSR count). The maximum atomic E-state index is 3.47. The number of hydrogen-bond donors (Lipinski definition) is 0. The summed E-state index contributed by atoms with van der Waals surface area (Å²) in [7, 11) is 0. The number of allylic oxidation sites excluding steroid dienone is 4. The van der Waals surface area contributed by atoms with Gasteiger partial charge in [0, 0.05) is 0 Å². The molecule has 3 heteroatoms. The first-order valence-corrected chi connectivity index (χ1v) is 5.67. The first-order chi connectivity index (χ1) is 6.38. The molecule has 0 atom stereocenters. The van der Waals surface area contributed by atoms with Crippen molar-refractivity contribution in [1.82, 2.24) is 0 Å². The molecule has 0 saturated heterocycles. The van der Waals surface area contributed by atoms with E-state index < -0.39 is 0 Å². The van der Waals surface area contributed by atoms with Crippen molar-refractivity contribution in [2.24, 2.45) is 0 Å². The quantitative estimate of drug-likeness (QED) is 0.513.